The van der Waals surface area contributed by atoms with Crippen molar-refractivity contribution >= 4 is 11.6 Å². The molecule has 0 fully saturated rings. The Hall–Kier alpha value is -1.75. The Kier molecular flexibility index (Phi) is 2.18. The second-order valence-electron chi connectivity index (χ2n) is 3.27. The van der Waals surface area contributed by atoms with E-state index >= 15 is 0 Å². The first-order chi connectivity index (χ1) is 7.83. The molecule has 5 nitrogen and oxygen atoms in total. The minimum absolute atomic E-state index is 0.0671. The molecule has 2 heterocycles. The molecule has 0 bridgehead atoms. The maximum Gasteiger partial charge on any atom is 0.272 e. The van der Waals surface area contributed by atoms with Gasteiger partial charge < -0.3 is 14.0 Å². The van der Waals surface area contributed by atoms with E-state index in [1.807, 2.05) is 24.3 Å². The fourth-order valence-electron chi connectivity index (χ4n) is 1.49. The van der Waals surface area contributed by atoms with E-state index in [1.54, 1.807) is 0 Å². The Morgan fingerprint density at radius 1 is 1.25 bits per heavy atom. The van der Waals surface area contributed by atoms with E-state index in [-0.39, 0.29) is 5.28 Å². The molecule has 0 N–H and O–H groups in total. The normalized spacial score (nSPS) is 18.4. The van der Waals surface area contributed by atoms with Gasteiger partial charge in [0.25, 0.3) is 11.2 Å². The van der Waals surface area contributed by atoms with Crippen LogP contribution in [0, 0.1) is 0 Å². The minimum atomic E-state index is -0.408. The highest BCUT2D eigenvalue weighted by Crippen LogP contribution is 2.35. The topological polar surface area (TPSA) is 57.4 Å². The van der Waals surface area contributed by atoms with Crippen molar-refractivity contribution in [1.29, 1.82) is 0 Å². The molecule has 0 saturated heterocycles. The van der Waals surface area contributed by atoms with E-state index < -0.39 is 6.10 Å². The van der Waals surface area contributed by atoms with Crippen molar-refractivity contribution < 1.29 is 14.0 Å². The fourth-order valence-corrected chi connectivity index (χ4v) is 1.61. The van der Waals surface area contributed by atoms with E-state index in [4.69, 9.17) is 25.6 Å². The zero-order valence-electron chi connectivity index (χ0n) is 8.09. The van der Waals surface area contributed by atoms with Crippen LogP contribution in [-0.4, -0.2) is 16.7 Å². The van der Waals surface area contributed by atoms with Crippen LogP contribution in [0.3, 0.4) is 0 Å². The van der Waals surface area contributed by atoms with Gasteiger partial charge in [0.2, 0.25) is 6.10 Å². The zero-order chi connectivity index (χ0) is 11.0. The molecule has 0 spiro atoms. The molecular weight excluding hydrogens is 232 g/mol. The van der Waals surface area contributed by atoms with Crippen molar-refractivity contribution in [1.82, 2.24) is 10.1 Å². The summed E-state index contributed by atoms with van der Waals surface area (Å²) in [5.74, 6) is 1.69. The lowest BCUT2D eigenvalue weighted by atomic mass is 10.2. The average molecular weight is 239 g/mol. The summed E-state index contributed by atoms with van der Waals surface area (Å²) in [7, 11) is 0. The molecule has 0 radical (unpaired) electrons. The highest BCUT2D eigenvalue weighted by atomic mass is 35.5. The van der Waals surface area contributed by atoms with E-state index in [0.29, 0.717) is 24.0 Å². The van der Waals surface area contributed by atoms with Crippen molar-refractivity contribution in [2.45, 2.75) is 6.10 Å². The Balaban J connectivity index is 1.88. The van der Waals surface area contributed by atoms with Gasteiger partial charge in [-0.1, -0.05) is 12.1 Å². The SMILES string of the molecule is Clc1noc(C2COc3ccccc3O2)n1. The van der Waals surface area contributed by atoms with Crippen LogP contribution in [0.5, 0.6) is 11.5 Å². The van der Waals surface area contributed by atoms with Crippen LogP contribution in [0.1, 0.15) is 12.0 Å². The third kappa shape index (κ3) is 1.59. The van der Waals surface area contributed by atoms with Gasteiger partial charge in [0.1, 0.15) is 6.61 Å². The summed E-state index contributed by atoms with van der Waals surface area (Å²) in [6.45, 7) is 0.329. The van der Waals surface area contributed by atoms with Crippen LogP contribution in [0.25, 0.3) is 0 Å². The van der Waals surface area contributed by atoms with Gasteiger partial charge >= 0.3 is 0 Å². The quantitative estimate of drug-likeness (QED) is 0.763. The number of hydrogen-bond donors (Lipinski definition) is 0. The summed E-state index contributed by atoms with van der Waals surface area (Å²) in [4.78, 5) is 3.89. The number of benzene rings is 1. The maximum absolute atomic E-state index is 5.65. The van der Waals surface area contributed by atoms with Gasteiger partial charge in [0.15, 0.2) is 11.5 Å². The number of rotatable bonds is 1. The number of aromatic nitrogens is 2. The summed E-state index contributed by atoms with van der Waals surface area (Å²) in [5.41, 5.74) is 0. The van der Waals surface area contributed by atoms with Gasteiger partial charge in [0.05, 0.1) is 0 Å². The number of fused-ring (bicyclic) bond motifs is 1. The molecule has 1 atom stereocenters. The molecule has 0 saturated carbocycles. The Labute approximate surface area is 95.9 Å². The van der Waals surface area contributed by atoms with Crippen LogP contribution < -0.4 is 9.47 Å². The van der Waals surface area contributed by atoms with Crippen molar-refractivity contribution in [3.05, 3.63) is 35.4 Å². The summed E-state index contributed by atoms with van der Waals surface area (Å²) in [5, 5.41) is 3.56. The Morgan fingerprint density at radius 2 is 2.06 bits per heavy atom. The first kappa shape index (κ1) is 9.47. The molecule has 0 aliphatic carbocycles. The smallest absolute Gasteiger partial charge is 0.272 e. The fraction of sp³-hybridized carbons (Fsp3) is 0.200. The van der Waals surface area contributed by atoms with Crippen LogP contribution in [0.15, 0.2) is 28.8 Å². The van der Waals surface area contributed by atoms with E-state index in [2.05, 4.69) is 10.1 Å². The number of ether oxygens (including phenoxy) is 2. The molecule has 3 rings (SSSR count). The standard InChI is InChI=1S/C10H7ClN2O3/c11-10-12-9(16-13-10)8-5-14-6-3-1-2-4-7(6)15-8/h1-4,8H,5H2. The number of hydrogen-bond acceptors (Lipinski definition) is 5. The lowest BCUT2D eigenvalue weighted by molar-refractivity contribution is 0.0665. The van der Waals surface area contributed by atoms with Crippen LogP contribution in [0.2, 0.25) is 5.28 Å². The minimum Gasteiger partial charge on any atom is -0.485 e. The van der Waals surface area contributed by atoms with Gasteiger partial charge in [-0.15, -0.1) is 0 Å². The highest BCUT2D eigenvalue weighted by Gasteiger charge is 2.27. The van der Waals surface area contributed by atoms with Gasteiger partial charge in [-0.2, -0.15) is 4.98 Å². The molecule has 82 valence electrons. The van der Waals surface area contributed by atoms with E-state index in [0.717, 1.165) is 0 Å². The van der Waals surface area contributed by atoms with E-state index in [9.17, 15) is 0 Å². The third-order valence-corrected chi connectivity index (χ3v) is 2.35. The zero-order valence-corrected chi connectivity index (χ0v) is 8.85. The van der Waals surface area contributed by atoms with Crippen molar-refractivity contribution in [2.75, 3.05) is 6.61 Å². The first-order valence-corrected chi connectivity index (χ1v) is 5.08. The lowest BCUT2D eigenvalue weighted by Gasteiger charge is -2.23. The molecule has 1 aromatic heterocycles. The molecular formula is C10H7ClN2O3. The molecule has 1 aliphatic rings. The van der Waals surface area contributed by atoms with Crippen molar-refractivity contribution in [3.63, 3.8) is 0 Å². The van der Waals surface area contributed by atoms with Gasteiger partial charge in [0, 0.05) is 0 Å². The molecule has 16 heavy (non-hydrogen) atoms. The number of nitrogens with zero attached hydrogens (tertiary/aromatic N) is 2. The van der Waals surface area contributed by atoms with Gasteiger partial charge in [-0.3, -0.25) is 0 Å². The second-order valence-corrected chi connectivity index (χ2v) is 3.60. The summed E-state index contributed by atoms with van der Waals surface area (Å²) >= 11 is 5.57. The molecule has 1 aliphatic heterocycles. The summed E-state index contributed by atoms with van der Waals surface area (Å²) in [6.07, 6.45) is -0.408. The molecule has 1 aromatic carbocycles. The second kappa shape index (κ2) is 3.68. The molecule has 6 heteroatoms. The average Bonchev–Trinajstić information content (AvgIpc) is 2.75. The third-order valence-electron chi connectivity index (χ3n) is 2.20. The van der Waals surface area contributed by atoms with Crippen LogP contribution in [-0.2, 0) is 0 Å². The molecule has 0 amide bonds. The largest absolute Gasteiger partial charge is 0.485 e. The van der Waals surface area contributed by atoms with Crippen LogP contribution in [0.4, 0.5) is 0 Å². The van der Waals surface area contributed by atoms with Gasteiger partial charge in [-0.25, -0.2) is 0 Å². The maximum atomic E-state index is 5.65. The van der Waals surface area contributed by atoms with Crippen molar-refractivity contribution in [2.24, 2.45) is 0 Å². The molecule has 2 aromatic rings. The lowest BCUT2D eigenvalue weighted by Crippen LogP contribution is -2.21. The Morgan fingerprint density at radius 3 is 2.81 bits per heavy atom. The monoisotopic (exact) mass is 238 g/mol. The predicted octanol–water partition coefficient (Wildman–Crippen LogP) is 2.24. The first-order valence-electron chi connectivity index (χ1n) is 4.70. The predicted molar refractivity (Wildman–Crippen MR) is 54.6 cm³/mol. The number of para-hydroxylation sites is 2. The Bertz CT molecular complexity index is 514. The summed E-state index contributed by atoms with van der Waals surface area (Å²) < 4.78 is 16.1. The molecule has 1 unspecified atom stereocenters. The van der Waals surface area contributed by atoms with Crippen molar-refractivity contribution in [3.8, 4) is 11.5 Å². The van der Waals surface area contributed by atoms with E-state index in [1.165, 1.54) is 0 Å². The van der Waals surface area contributed by atoms with Crippen LogP contribution >= 0.6 is 11.6 Å². The number of halogens is 1. The van der Waals surface area contributed by atoms with Gasteiger partial charge in [-0.05, 0) is 28.9 Å². The summed E-state index contributed by atoms with van der Waals surface area (Å²) in [6, 6.07) is 7.41. The highest BCUT2D eigenvalue weighted by molar-refractivity contribution is 6.28.